The molecule has 7 nitrogen and oxygen atoms in total. The standard InChI is InChI=1S/C11H14BN3O4/c1-11(2,3)19-10(16)7-4-8(12(17)18)6-9(5-7)14-15-13/h4-6,17-18H,1-3H3. The Balaban J connectivity index is 3.19. The van der Waals surface area contributed by atoms with Crippen molar-refractivity contribution in [1.29, 1.82) is 0 Å². The van der Waals surface area contributed by atoms with E-state index in [4.69, 9.17) is 20.3 Å². The van der Waals surface area contributed by atoms with Gasteiger partial charge in [0.15, 0.2) is 0 Å². The highest BCUT2D eigenvalue weighted by molar-refractivity contribution is 6.58. The molecule has 1 aromatic rings. The van der Waals surface area contributed by atoms with Gasteiger partial charge in [0.1, 0.15) is 5.60 Å². The van der Waals surface area contributed by atoms with Gasteiger partial charge in [-0.25, -0.2) is 4.79 Å². The van der Waals surface area contributed by atoms with Gasteiger partial charge >= 0.3 is 13.1 Å². The number of hydrogen-bond acceptors (Lipinski definition) is 5. The number of esters is 1. The molecule has 0 atom stereocenters. The first-order chi connectivity index (χ1) is 8.73. The van der Waals surface area contributed by atoms with E-state index < -0.39 is 18.7 Å². The zero-order valence-electron chi connectivity index (χ0n) is 10.9. The van der Waals surface area contributed by atoms with Gasteiger partial charge in [-0.2, -0.15) is 0 Å². The van der Waals surface area contributed by atoms with Crippen LogP contribution in [-0.4, -0.2) is 28.7 Å². The van der Waals surface area contributed by atoms with E-state index in [9.17, 15) is 4.79 Å². The second-order valence-corrected chi connectivity index (χ2v) is 4.88. The number of rotatable bonds is 3. The van der Waals surface area contributed by atoms with Crippen LogP contribution in [0.5, 0.6) is 0 Å². The monoisotopic (exact) mass is 263 g/mol. The van der Waals surface area contributed by atoms with Crippen molar-refractivity contribution in [3.05, 3.63) is 34.2 Å². The van der Waals surface area contributed by atoms with Crippen LogP contribution >= 0.6 is 0 Å². The van der Waals surface area contributed by atoms with Gasteiger partial charge in [-0.1, -0.05) is 11.2 Å². The molecule has 1 rings (SSSR count). The average Bonchev–Trinajstić information content (AvgIpc) is 2.26. The lowest BCUT2D eigenvalue weighted by Gasteiger charge is -2.19. The summed E-state index contributed by atoms with van der Waals surface area (Å²) in [7, 11) is -1.77. The first-order valence-electron chi connectivity index (χ1n) is 5.52. The third kappa shape index (κ3) is 4.63. The summed E-state index contributed by atoms with van der Waals surface area (Å²) >= 11 is 0. The fourth-order valence-corrected chi connectivity index (χ4v) is 1.35. The van der Waals surface area contributed by atoms with Gasteiger partial charge in [-0.15, -0.1) is 0 Å². The topological polar surface area (TPSA) is 116 Å². The lowest BCUT2D eigenvalue weighted by Crippen LogP contribution is -2.31. The number of hydrogen-bond donors (Lipinski definition) is 2. The number of azide groups is 1. The molecule has 19 heavy (non-hydrogen) atoms. The summed E-state index contributed by atoms with van der Waals surface area (Å²) in [5.41, 5.74) is 7.94. The summed E-state index contributed by atoms with van der Waals surface area (Å²) in [4.78, 5) is 14.5. The van der Waals surface area contributed by atoms with Gasteiger partial charge in [0, 0.05) is 10.6 Å². The van der Waals surface area contributed by atoms with Gasteiger partial charge in [0.05, 0.1) is 5.56 Å². The summed E-state index contributed by atoms with van der Waals surface area (Å²) in [6, 6.07) is 3.87. The minimum atomic E-state index is -1.77. The molecule has 0 fully saturated rings. The molecule has 0 saturated heterocycles. The Morgan fingerprint density at radius 2 is 2.00 bits per heavy atom. The Labute approximate surface area is 110 Å². The second kappa shape index (κ2) is 5.75. The minimum Gasteiger partial charge on any atom is -0.456 e. The zero-order chi connectivity index (χ0) is 14.6. The van der Waals surface area contributed by atoms with Gasteiger partial charge in [-0.3, -0.25) is 0 Å². The van der Waals surface area contributed by atoms with E-state index in [0.29, 0.717) is 0 Å². The van der Waals surface area contributed by atoms with Crippen molar-refractivity contribution in [3.63, 3.8) is 0 Å². The maximum absolute atomic E-state index is 11.9. The van der Waals surface area contributed by atoms with Crippen LogP contribution in [0, 0.1) is 0 Å². The smallest absolute Gasteiger partial charge is 0.456 e. The van der Waals surface area contributed by atoms with Crippen molar-refractivity contribution in [3.8, 4) is 0 Å². The van der Waals surface area contributed by atoms with E-state index in [2.05, 4.69) is 10.0 Å². The third-order valence-electron chi connectivity index (χ3n) is 2.03. The number of ether oxygens (including phenoxy) is 1. The number of carbonyl (C=O) groups is 1. The molecule has 0 bridgehead atoms. The molecule has 0 radical (unpaired) electrons. The first kappa shape index (κ1) is 15.0. The molecule has 0 aliphatic heterocycles. The van der Waals surface area contributed by atoms with Gasteiger partial charge in [0.25, 0.3) is 0 Å². The Morgan fingerprint density at radius 3 is 2.47 bits per heavy atom. The molecular formula is C11H14BN3O4. The van der Waals surface area contributed by atoms with Crippen molar-refractivity contribution in [2.45, 2.75) is 26.4 Å². The van der Waals surface area contributed by atoms with Crippen LogP contribution in [0.25, 0.3) is 10.4 Å². The molecule has 8 heteroatoms. The summed E-state index contributed by atoms with van der Waals surface area (Å²) in [5.74, 6) is -0.635. The second-order valence-electron chi connectivity index (χ2n) is 4.88. The molecule has 0 heterocycles. The van der Waals surface area contributed by atoms with Crippen LogP contribution in [0.3, 0.4) is 0 Å². The summed E-state index contributed by atoms with van der Waals surface area (Å²) in [6.07, 6.45) is 0. The van der Waals surface area contributed by atoms with Gasteiger partial charge in [0.2, 0.25) is 0 Å². The zero-order valence-corrected chi connectivity index (χ0v) is 10.9. The molecule has 0 spiro atoms. The molecule has 2 N–H and O–H groups in total. The largest absolute Gasteiger partial charge is 0.488 e. The molecule has 0 aromatic heterocycles. The third-order valence-corrected chi connectivity index (χ3v) is 2.03. The number of carbonyl (C=O) groups excluding carboxylic acids is 1. The molecule has 0 unspecified atom stereocenters. The minimum absolute atomic E-state index is 0.0470. The maximum atomic E-state index is 11.9. The predicted molar refractivity (Wildman–Crippen MR) is 70.2 cm³/mol. The van der Waals surface area contributed by atoms with Crippen LogP contribution < -0.4 is 5.46 Å². The highest BCUT2D eigenvalue weighted by Gasteiger charge is 2.20. The molecule has 0 saturated carbocycles. The summed E-state index contributed by atoms with van der Waals surface area (Å²) in [6.45, 7) is 5.14. The van der Waals surface area contributed by atoms with E-state index in [1.807, 2.05) is 0 Å². The van der Waals surface area contributed by atoms with E-state index in [-0.39, 0.29) is 16.7 Å². The first-order valence-corrected chi connectivity index (χ1v) is 5.52. The van der Waals surface area contributed by atoms with Gasteiger partial charge < -0.3 is 14.8 Å². The van der Waals surface area contributed by atoms with Crippen molar-refractivity contribution in [2.24, 2.45) is 5.11 Å². The van der Waals surface area contributed by atoms with Crippen LogP contribution in [0.4, 0.5) is 5.69 Å². The fourth-order valence-electron chi connectivity index (χ4n) is 1.35. The van der Waals surface area contributed by atoms with Crippen molar-refractivity contribution in [1.82, 2.24) is 0 Å². The van der Waals surface area contributed by atoms with Crippen LogP contribution in [0.1, 0.15) is 31.1 Å². The van der Waals surface area contributed by atoms with E-state index in [0.717, 1.165) is 0 Å². The SMILES string of the molecule is CC(C)(C)OC(=O)c1cc(N=[N+]=[N-])cc(B(O)O)c1. The average molecular weight is 263 g/mol. The lowest BCUT2D eigenvalue weighted by molar-refractivity contribution is 0.00697. The maximum Gasteiger partial charge on any atom is 0.488 e. The van der Waals surface area contributed by atoms with E-state index in [1.165, 1.54) is 18.2 Å². The molecule has 0 amide bonds. The van der Waals surface area contributed by atoms with Crippen LogP contribution in [0.2, 0.25) is 0 Å². The van der Waals surface area contributed by atoms with Crippen molar-refractivity contribution < 1.29 is 19.6 Å². The van der Waals surface area contributed by atoms with E-state index in [1.54, 1.807) is 20.8 Å². The highest BCUT2D eigenvalue weighted by Crippen LogP contribution is 2.17. The van der Waals surface area contributed by atoms with E-state index >= 15 is 0 Å². The molecule has 0 aliphatic rings. The normalized spacial score (nSPS) is 10.6. The lowest BCUT2D eigenvalue weighted by atomic mass is 9.79. The van der Waals surface area contributed by atoms with Crippen molar-refractivity contribution >= 4 is 24.2 Å². The Hall–Kier alpha value is -2.02. The number of nitrogens with zero attached hydrogens (tertiary/aromatic N) is 3. The quantitative estimate of drug-likeness (QED) is 0.281. The molecule has 0 aliphatic carbocycles. The molecular weight excluding hydrogens is 249 g/mol. The van der Waals surface area contributed by atoms with Crippen molar-refractivity contribution in [2.75, 3.05) is 0 Å². The van der Waals surface area contributed by atoms with Crippen LogP contribution in [-0.2, 0) is 4.74 Å². The highest BCUT2D eigenvalue weighted by atomic mass is 16.6. The molecule has 100 valence electrons. The Bertz CT molecular complexity index is 533. The Kier molecular flexibility index (Phi) is 4.55. The Morgan fingerprint density at radius 1 is 1.37 bits per heavy atom. The summed E-state index contributed by atoms with van der Waals surface area (Å²) < 4.78 is 5.15. The predicted octanol–water partition coefficient (Wildman–Crippen LogP) is 1.26. The molecule has 1 aromatic carbocycles. The van der Waals surface area contributed by atoms with Gasteiger partial charge in [-0.05, 0) is 43.9 Å². The number of benzene rings is 1. The fraction of sp³-hybridized carbons (Fsp3) is 0.364. The van der Waals surface area contributed by atoms with Crippen LogP contribution in [0.15, 0.2) is 23.3 Å². The summed E-state index contributed by atoms with van der Waals surface area (Å²) in [5, 5.41) is 21.6.